The van der Waals surface area contributed by atoms with E-state index < -0.39 is 23.1 Å². The molecule has 0 heterocycles. The van der Waals surface area contributed by atoms with E-state index in [1.807, 2.05) is 0 Å². The van der Waals surface area contributed by atoms with Gasteiger partial charge in [0, 0.05) is 0 Å². The SMILES string of the molecule is Cc1cccc(C(F)(F)F)c1C1(C(=O)O)CCCCC1. The van der Waals surface area contributed by atoms with Crippen LogP contribution >= 0.6 is 0 Å². The lowest BCUT2D eigenvalue weighted by molar-refractivity contribution is -0.147. The van der Waals surface area contributed by atoms with Gasteiger partial charge >= 0.3 is 12.1 Å². The summed E-state index contributed by atoms with van der Waals surface area (Å²) in [6.07, 6.45) is -1.80. The number of alkyl halides is 3. The van der Waals surface area contributed by atoms with Gasteiger partial charge in [0.1, 0.15) is 0 Å². The highest BCUT2D eigenvalue weighted by molar-refractivity contribution is 5.83. The van der Waals surface area contributed by atoms with E-state index in [4.69, 9.17) is 0 Å². The van der Waals surface area contributed by atoms with E-state index in [1.165, 1.54) is 6.07 Å². The fraction of sp³-hybridized carbons (Fsp3) is 0.533. The van der Waals surface area contributed by atoms with Gasteiger partial charge in [0.25, 0.3) is 0 Å². The number of halogens is 3. The van der Waals surface area contributed by atoms with Crippen molar-refractivity contribution in [1.82, 2.24) is 0 Å². The van der Waals surface area contributed by atoms with Crippen LogP contribution in [0.2, 0.25) is 0 Å². The zero-order chi connectivity index (χ0) is 15.0. The maximum Gasteiger partial charge on any atom is 0.416 e. The van der Waals surface area contributed by atoms with Crippen molar-refractivity contribution >= 4 is 5.97 Å². The number of hydrogen-bond donors (Lipinski definition) is 1. The third-order valence-corrected chi connectivity index (χ3v) is 4.17. The van der Waals surface area contributed by atoms with Crippen molar-refractivity contribution in [2.75, 3.05) is 0 Å². The molecule has 1 saturated carbocycles. The van der Waals surface area contributed by atoms with E-state index in [1.54, 1.807) is 13.0 Å². The fourth-order valence-corrected chi connectivity index (χ4v) is 3.27. The highest BCUT2D eigenvalue weighted by Crippen LogP contribution is 2.46. The molecule has 20 heavy (non-hydrogen) atoms. The van der Waals surface area contributed by atoms with E-state index in [-0.39, 0.29) is 18.4 Å². The molecule has 0 bridgehead atoms. The molecule has 110 valence electrons. The topological polar surface area (TPSA) is 37.3 Å². The molecule has 0 unspecified atom stereocenters. The predicted octanol–water partition coefficient (Wildman–Crippen LogP) is 4.30. The smallest absolute Gasteiger partial charge is 0.416 e. The van der Waals surface area contributed by atoms with Crippen LogP contribution in [0.4, 0.5) is 13.2 Å². The van der Waals surface area contributed by atoms with Gasteiger partial charge in [0.2, 0.25) is 0 Å². The van der Waals surface area contributed by atoms with E-state index >= 15 is 0 Å². The number of rotatable bonds is 2. The minimum atomic E-state index is -4.53. The Hall–Kier alpha value is -1.52. The van der Waals surface area contributed by atoms with Gasteiger partial charge in [-0.25, -0.2) is 0 Å². The minimum absolute atomic E-state index is 0.0419. The molecule has 1 N–H and O–H groups in total. The standard InChI is InChI=1S/C15H17F3O2/c1-10-6-5-7-11(15(16,17)18)12(10)14(13(19)20)8-3-2-4-9-14/h5-7H,2-4,8-9H2,1H3,(H,19,20). The molecular weight excluding hydrogens is 269 g/mol. The molecule has 0 aliphatic heterocycles. The Kier molecular flexibility index (Phi) is 3.80. The van der Waals surface area contributed by atoms with Crippen molar-refractivity contribution in [3.8, 4) is 0 Å². The maximum absolute atomic E-state index is 13.2. The summed E-state index contributed by atoms with van der Waals surface area (Å²) in [7, 11) is 0. The Labute approximate surface area is 115 Å². The van der Waals surface area contributed by atoms with Gasteiger partial charge in [-0.1, -0.05) is 31.4 Å². The van der Waals surface area contributed by atoms with Gasteiger partial charge in [-0.3, -0.25) is 4.79 Å². The summed E-state index contributed by atoms with van der Waals surface area (Å²) >= 11 is 0. The molecule has 0 aromatic heterocycles. The number of aryl methyl sites for hydroxylation is 1. The molecule has 1 aliphatic carbocycles. The number of carboxylic acids is 1. The highest BCUT2D eigenvalue weighted by atomic mass is 19.4. The molecule has 0 amide bonds. The molecule has 1 aliphatic rings. The summed E-state index contributed by atoms with van der Waals surface area (Å²) in [5, 5.41) is 9.59. The molecule has 0 saturated heterocycles. The molecule has 1 fully saturated rings. The largest absolute Gasteiger partial charge is 0.481 e. The molecule has 0 radical (unpaired) electrons. The third kappa shape index (κ3) is 2.41. The van der Waals surface area contributed by atoms with Gasteiger partial charge in [-0.15, -0.1) is 0 Å². The van der Waals surface area contributed by atoms with Gasteiger partial charge in [-0.2, -0.15) is 13.2 Å². The summed E-state index contributed by atoms with van der Waals surface area (Å²) in [5.41, 5.74) is -1.83. The van der Waals surface area contributed by atoms with Crippen LogP contribution in [0.5, 0.6) is 0 Å². The Bertz CT molecular complexity index is 514. The second-order valence-electron chi connectivity index (χ2n) is 5.44. The van der Waals surface area contributed by atoms with Crippen molar-refractivity contribution < 1.29 is 23.1 Å². The average Bonchev–Trinajstić information content (AvgIpc) is 2.38. The van der Waals surface area contributed by atoms with Crippen molar-refractivity contribution in [2.24, 2.45) is 0 Å². The molecule has 2 rings (SSSR count). The summed E-state index contributed by atoms with van der Waals surface area (Å²) in [6, 6.07) is 3.88. The van der Waals surface area contributed by atoms with Crippen molar-refractivity contribution in [3.63, 3.8) is 0 Å². The lowest BCUT2D eigenvalue weighted by Crippen LogP contribution is -2.40. The second kappa shape index (κ2) is 5.11. The van der Waals surface area contributed by atoms with Crippen LogP contribution in [0.25, 0.3) is 0 Å². The summed E-state index contributed by atoms with van der Waals surface area (Å²) in [6.45, 7) is 1.56. The predicted molar refractivity (Wildman–Crippen MR) is 68.6 cm³/mol. The number of aliphatic carboxylic acids is 1. The Morgan fingerprint density at radius 2 is 1.80 bits per heavy atom. The van der Waals surface area contributed by atoms with E-state index in [0.29, 0.717) is 18.4 Å². The van der Waals surface area contributed by atoms with Gasteiger partial charge < -0.3 is 5.11 Å². The lowest BCUT2D eigenvalue weighted by atomic mass is 9.67. The average molecular weight is 286 g/mol. The fourth-order valence-electron chi connectivity index (χ4n) is 3.27. The Morgan fingerprint density at radius 1 is 1.20 bits per heavy atom. The first kappa shape index (κ1) is 14.9. The zero-order valence-electron chi connectivity index (χ0n) is 11.3. The van der Waals surface area contributed by atoms with Gasteiger partial charge in [0.15, 0.2) is 0 Å². The van der Waals surface area contributed by atoms with Crippen LogP contribution in [0.15, 0.2) is 18.2 Å². The number of hydrogen-bond acceptors (Lipinski definition) is 1. The molecular formula is C15H17F3O2. The van der Waals surface area contributed by atoms with Crippen LogP contribution in [0.1, 0.15) is 48.8 Å². The van der Waals surface area contributed by atoms with Crippen molar-refractivity contribution in [1.29, 1.82) is 0 Å². The van der Waals surface area contributed by atoms with Gasteiger partial charge in [-0.05, 0) is 37.0 Å². The molecule has 5 heteroatoms. The molecule has 2 nitrogen and oxygen atoms in total. The normalized spacial score (nSPS) is 18.8. The number of carbonyl (C=O) groups is 1. The van der Waals surface area contributed by atoms with Gasteiger partial charge in [0.05, 0.1) is 11.0 Å². The highest BCUT2D eigenvalue weighted by Gasteiger charge is 2.47. The van der Waals surface area contributed by atoms with Crippen LogP contribution in [-0.2, 0) is 16.4 Å². The quantitative estimate of drug-likeness (QED) is 0.880. The molecule has 1 aromatic carbocycles. The first-order chi connectivity index (χ1) is 9.29. The molecule has 0 atom stereocenters. The monoisotopic (exact) mass is 286 g/mol. The number of benzene rings is 1. The van der Waals surface area contributed by atoms with E-state index in [2.05, 4.69) is 0 Å². The first-order valence-electron chi connectivity index (χ1n) is 6.70. The van der Waals surface area contributed by atoms with Crippen LogP contribution in [0, 0.1) is 6.92 Å². The second-order valence-corrected chi connectivity index (χ2v) is 5.44. The minimum Gasteiger partial charge on any atom is -0.481 e. The third-order valence-electron chi connectivity index (χ3n) is 4.17. The van der Waals surface area contributed by atoms with Crippen molar-refractivity contribution in [3.05, 3.63) is 34.9 Å². The van der Waals surface area contributed by atoms with E-state index in [0.717, 1.165) is 12.5 Å². The summed E-state index contributed by atoms with van der Waals surface area (Å²) < 4.78 is 39.7. The number of carboxylic acid groups (broad SMARTS) is 1. The van der Waals surface area contributed by atoms with Crippen LogP contribution in [-0.4, -0.2) is 11.1 Å². The molecule has 0 spiro atoms. The lowest BCUT2D eigenvalue weighted by Gasteiger charge is -2.36. The Morgan fingerprint density at radius 3 is 2.30 bits per heavy atom. The molecule has 1 aromatic rings. The first-order valence-corrected chi connectivity index (χ1v) is 6.70. The summed E-state index contributed by atoms with van der Waals surface area (Å²) in [4.78, 5) is 11.7. The van der Waals surface area contributed by atoms with Crippen molar-refractivity contribution in [2.45, 2.75) is 50.6 Å². The van der Waals surface area contributed by atoms with Crippen LogP contribution < -0.4 is 0 Å². The zero-order valence-corrected chi connectivity index (χ0v) is 11.3. The maximum atomic E-state index is 13.2. The summed E-state index contributed by atoms with van der Waals surface area (Å²) in [5.74, 6) is -1.14. The van der Waals surface area contributed by atoms with E-state index in [9.17, 15) is 23.1 Å². The van der Waals surface area contributed by atoms with Crippen LogP contribution in [0.3, 0.4) is 0 Å². The Balaban J connectivity index is 2.68.